The Morgan fingerprint density at radius 1 is 0.885 bits per heavy atom. The first-order valence-electron chi connectivity index (χ1n) is 9.00. The summed E-state index contributed by atoms with van der Waals surface area (Å²) in [5.41, 5.74) is 2.99. The Bertz CT molecular complexity index is 856. The predicted octanol–water partition coefficient (Wildman–Crippen LogP) is 3.61. The molecule has 0 aliphatic carbocycles. The lowest BCUT2D eigenvalue weighted by molar-refractivity contribution is 0.0498. The third-order valence-electron chi connectivity index (χ3n) is 5.05. The van der Waals surface area contributed by atoms with Gasteiger partial charge in [-0.15, -0.1) is 0 Å². The molecule has 0 bridgehead atoms. The van der Waals surface area contributed by atoms with Crippen LogP contribution < -0.4 is 0 Å². The normalized spacial score (nSPS) is 18.0. The number of carbonyl (C=O) groups is 1. The molecule has 3 aromatic rings. The molecule has 132 valence electrons. The first-order valence-corrected chi connectivity index (χ1v) is 9.00. The second-order valence-electron chi connectivity index (χ2n) is 6.82. The maximum Gasteiger partial charge on any atom is 0.254 e. The monoisotopic (exact) mass is 345 g/mol. The molecule has 26 heavy (non-hydrogen) atoms. The molecule has 1 atom stereocenters. The molecule has 1 saturated heterocycles. The number of aromatic nitrogens is 1. The minimum atomic E-state index is 0.0894. The molecule has 1 unspecified atom stereocenters. The molecular weight excluding hydrogens is 322 g/mol. The van der Waals surface area contributed by atoms with Crippen molar-refractivity contribution in [3.8, 4) is 5.69 Å². The van der Waals surface area contributed by atoms with Gasteiger partial charge >= 0.3 is 0 Å². The lowest BCUT2D eigenvalue weighted by atomic mass is 10.0. The molecule has 1 fully saturated rings. The number of nitrogens with zero attached hydrogens (tertiary/aromatic N) is 3. The van der Waals surface area contributed by atoms with Gasteiger partial charge in [0.05, 0.1) is 6.04 Å². The van der Waals surface area contributed by atoms with Gasteiger partial charge in [0, 0.05) is 43.3 Å². The molecule has 0 saturated carbocycles. The highest BCUT2D eigenvalue weighted by molar-refractivity contribution is 5.94. The van der Waals surface area contributed by atoms with Crippen molar-refractivity contribution in [2.75, 3.05) is 26.7 Å². The Hall–Kier alpha value is -2.85. The second kappa shape index (κ2) is 7.18. The number of rotatable bonds is 3. The number of likely N-dealkylation sites (N-methyl/N-ethyl adjacent to an activating group) is 1. The summed E-state index contributed by atoms with van der Waals surface area (Å²) in [7, 11) is 2.11. The van der Waals surface area contributed by atoms with E-state index in [9.17, 15) is 4.79 Å². The van der Waals surface area contributed by atoms with Gasteiger partial charge in [-0.25, -0.2) is 0 Å². The molecule has 4 nitrogen and oxygen atoms in total. The zero-order chi connectivity index (χ0) is 17.9. The highest BCUT2D eigenvalue weighted by Gasteiger charge is 2.30. The summed E-state index contributed by atoms with van der Waals surface area (Å²) >= 11 is 0. The van der Waals surface area contributed by atoms with Crippen LogP contribution in [0, 0.1) is 0 Å². The number of hydrogen-bond donors (Lipinski definition) is 0. The van der Waals surface area contributed by atoms with E-state index in [0.717, 1.165) is 30.9 Å². The van der Waals surface area contributed by atoms with Gasteiger partial charge in [0.2, 0.25) is 0 Å². The Kier molecular flexibility index (Phi) is 4.59. The van der Waals surface area contributed by atoms with Gasteiger partial charge < -0.3 is 14.4 Å². The van der Waals surface area contributed by atoms with E-state index >= 15 is 0 Å². The van der Waals surface area contributed by atoms with Crippen molar-refractivity contribution in [2.45, 2.75) is 6.04 Å². The number of hydrogen-bond acceptors (Lipinski definition) is 2. The van der Waals surface area contributed by atoms with Crippen molar-refractivity contribution in [1.82, 2.24) is 14.4 Å². The van der Waals surface area contributed by atoms with Crippen LogP contribution in [0.4, 0.5) is 0 Å². The lowest BCUT2D eigenvalue weighted by Crippen LogP contribution is -2.49. The summed E-state index contributed by atoms with van der Waals surface area (Å²) < 4.78 is 2.04. The first-order chi connectivity index (χ1) is 12.7. The summed E-state index contributed by atoms with van der Waals surface area (Å²) in [5, 5.41) is 0. The van der Waals surface area contributed by atoms with Crippen LogP contribution in [0.1, 0.15) is 22.0 Å². The van der Waals surface area contributed by atoms with Gasteiger partial charge in [-0.1, -0.05) is 30.3 Å². The van der Waals surface area contributed by atoms with Gasteiger partial charge in [0.15, 0.2) is 0 Å². The second-order valence-corrected chi connectivity index (χ2v) is 6.82. The summed E-state index contributed by atoms with van der Waals surface area (Å²) in [5.74, 6) is 0.103. The Morgan fingerprint density at radius 3 is 2.27 bits per heavy atom. The summed E-state index contributed by atoms with van der Waals surface area (Å²) in [6, 6.07) is 22.3. The zero-order valence-corrected chi connectivity index (χ0v) is 15.0. The predicted molar refractivity (Wildman–Crippen MR) is 103 cm³/mol. The van der Waals surface area contributed by atoms with Crippen LogP contribution in [0.25, 0.3) is 5.69 Å². The molecule has 2 aromatic carbocycles. The molecule has 1 aliphatic rings. The molecule has 2 heterocycles. The molecule has 0 N–H and O–H groups in total. The van der Waals surface area contributed by atoms with E-state index in [1.165, 1.54) is 5.56 Å². The Balaban J connectivity index is 1.59. The standard InChI is InChI=1S/C22H23N3O/c1-23-15-16-25(21(17-23)18-7-3-2-4-8-18)22(26)19-9-11-20(12-10-19)24-13-5-6-14-24/h2-14,21H,15-17H2,1H3. The number of benzene rings is 2. The lowest BCUT2D eigenvalue weighted by Gasteiger charge is -2.40. The third kappa shape index (κ3) is 3.28. The van der Waals surface area contributed by atoms with Gasteiger partial charge in [-0.05, 0) is 49.0 Å². The van der Waals surface area contributed by atoms with Crippen LogP contribution in [0.15, 0.2) is 79.1 Å². The minimum Gasteiger partial charge on any atom is -0.329 e. The maximum absolute atomic E-state index is 13.2. The SMILES string of the molecule is CN1CCN(C(=O)c2ccc(-n3cccc3)cc2)C(c2ccccc2)C1. The molecule has 4 heteroatoms. The van der Waals surface area contributed by atoms with Crippen molar-refractivity contribution in [1.29, 1.82) is 0 Å². The molecule has 1 aromatic heterocycles. The van der Waals surface area contributed by atoms with Crippen molar-refractivity contribution < 1.29 is 4.79 Å². The van der Waals surface area contributed by atoms with Crippen LogP contribution >= 0.6 is 0 Å². The van der Waals surface area contributed by atoms with Crippen LogP contribution in [0.3, 0.4) is 0 Å². The van der Waals surface area contributed by atoms with Crippen LogP contribution in [-0.4, -0.2) is 47.0 Å². The average Bonchev–Trinajstić information content (AvgIpc) is 3.23. The van der Waals surface area contributed by atoms with Gasteiger partial charge in [-0.3, -0.25) is 4.79 Å². The van der Waals surface area contributed by atoms with Crippen LogP contribution in [-0.2, 0) is 0 Å². The van der Waals surface area contributed by atoms with Gasteiger partial charge in [0.25, 0.3) is 5.91 Å². The number of amides is 1. The minimum absolute atomic E-state index is 0.0894. The van der Waals surface area contributed by atoms with E-state index < -0.39 is 0 Å². The Morgan fingerprint density at radius 2 is 1.58 bits per heavy atom. The number of piperazine rings is 1. The van der Waals surface area contributed by atoms with Crippen molar-refractivity contribution in [3.05, 3.63) is 90.3 Å². The van der Waals surface area contributed by atoms with Crippen molar-refractivity contribution >= 4 is 5.91 Å². The summed E-state index contributed by atoms with van der Waals surface area (Å²) in [4.78, 5) is 17.5. The fraction of sp³-hybridized carbons (Fsp3) is 0.227. The average molecular weight is 345 g/mol. The quantitative estimate of drug-likeness (QED) is 0.725. The summed E-state index contributed by atoms with van der Waals surface area (Å²) in [6.07, 6.45) is 4.01. The smallest absolute Gasteiger partial charge is 0.254 e. The van der Waals surface area contributed by atoms with Crippen LogP contribution in [0.2, 0.25) is 0 Å². The van der Waals surface area contributed by atoms with E-state index in [2.05, 4.69) is 24.1 Å². The molecule has 1 amide bonds. The van der Waals surface area contributed by atoms with Crippen molar-refractivity contribution in [2.24, 2.45) is 0 Å². The molecule has 0 radical (unpaired) electrons. The van der Waals surface area contributed by atoms with Gasteiger partial charge in [-0.2, -0.15) is 0 Å². The highest BCUT2D eigenvalue weighted by Crippen LogP contribution is 2.26. The molecular formula is C22H23N3O. The van der Waals surface area contributed by atoms with E-state index in [1.54, 1.807) is 0 Å². The fourth-order valence-electron chi connectivity index (χ4n) is 3.57. The molecule has 1 aliphatic heterocycles. The van der Waals surface area contributed by atoms with E-state index in [-0.39, 0.29) is 11.9 Å². The highest BCUT2D eigenvalue weighted by atomic mass is 16.2. The fourth-order valence-corrected chi connectivity index (χ4v) is 3.57. The van der Waals surface area contributed by atoms with Gasteiger partial charge in [0.1, 0.15) is 0 Å². The van der Waals surface area contributed by atoms with E-state index in [1.807, 2.05) is 76.5 Å². The topological polar surface area (TPSA) is 28.5 Å². The van der Waals surface area contributed by atoms with Crippen LogP contribution in [0.5, 0.6) is 0 Å². The largest absolute Gasteiger partial charge is 0.329 e. The van der Waals surface area contributed by atoms with E-state index in [4.69, 9.17) is 0 Å². The van der Waals surface area contributed by atoms with Crippen molar-refractivity contribution in [3.63, 3.8) is 0 Å². The zero-order valence-electron chi connectivity index (χ0n) is 15.0. The third-order valence-corrected chi connectivity index (χ3v) is 5.05. The Labute approximate surface area is 154 Å². The first kappa shape index (κ1) is 16.6. The maximum atomic E-state index is 13.2. The summed E-state index contributed by atoms with van der Waals surface area (Å²) in [6.45, 7) is 2.50. The number of carbonyl (C=O) groups excluding carboxylic acids is 1. The molecule has 4 rings (SSSR count). The van der Waals surface area contributed by atoms with E-state index in [0.29, 0.717) is 0 Å². The molecule has 0 spiro atoms.